The number of pyridine rings is 1. The molecule has 0 spiro atoms. The molecule has 3 aromatic rings. The lowest BCUT2D eigenvalue weighted by molar-refractivity contribution is -0.134. The summed E-state index contributed by atoms with van der Waals surface area (Å²) in [6.07, 6.45) is 1.95. The highest BCUT2D eigenvalue weighted by molar-refractivity contribution is 5.83. The van der Waals surface area contributed by atoms with Gasteiger partial charge in [-0.3, -0.25) is 9.59 Å². The van der Waals surface area contributed by atoms with Crippen LogP contribution in [0.15, 0.2) is 53.3 Å². The number of carbonyl (C=O) groups excluding carboxylic acids is 1. The van der Waals surface area contributed by atoms with E-state index in [0.29, 0.717) is 28.9 Å². The van der Waals surface area contributed by atoms with Gasteiger partial charge in [-0.2, -0.15) is 0 Å². The summed E-state index contributed by atoms with van der Waals surface area (Å²) in [7, 11) is 0. The number of likely N-dealkylation sites (tertiary alicyclic amines) is 1. The molecule has 1 N–H and O–H groups in total. The van der Waals surface area contributed by atoms with Crippen molar-refractivity contribution in [3.8, 4) is 0 Å². The monoisotopic (exact) mass is 362 g/mol. The van der Waals surface area contributed by atoms with Crippen LogP contribution in [0.1, 0.15) is 41.5 Å². The van der Waals surface area contributed by atoms with Gasteiger partial charge in [0.1, 0.15) is 5.82 Å². The normalized spacial score (nSPS) is 20.7. The molecule has 0 saturated carbocycles. The van der Waals surface area contributed by atoms with Crippen molar-refractivity contribution in [2.45, 2.75) is 31.2 Å². The Bertz CT molecular complexity index is 1120. The van der Waals surface area contributed by atoms with E-state index in [1.807, 2.05) is 11.0 Å². The lowest BCUT2D eigenvalue weighted by Gasteiger charge is -2.34. The van der Waals surface area contributed by atoms with E-state index in [4.69, 9.17) is 0 Å². The van der Waals surface area contributed by atoms with Gasteiger partial charge in [-0.15, -0.1) is 0 Å². The number of H-pyrrole nitrogens is 1. The van der Waals surface area contributed by atoms with Gasteiger partial charge in [-0.1, -0.05) is 24.3 Å². The highest BCUT2D eigenvalue weighted by atomic mass is 19.1. The first kappa shape index (κ1) is 16.2. The minimum atomic E-state index is -0.364. The molecule has 2 aliphatic rings. The zero-order chi connectivity index (χ0) is 18.5. The van der Waals surface area contributed by atoms with E-state index in [-0.39, 0.29) is 29.7 Å². The van der Waals surface area contributed by atoms with E-state index in [1.165, 1.54) is 29.3 Å². The molecule has 27 heavy (non-hydrogen) atoms. The van der Waals surface area contributed by atoms with Crippen LogP contribution in [0, 0.1) is 5.82 Å². The van der Waals surface area contributed by atoms with E-state index >= 15 is 0 Å². The Balaban J connectivity index is 1.45. The fourth-order valence-corrected chi connectivity index (χ4v) is 4.65. The van der Waals surface area contributed by atoms with Crippen molar-refractivity contribution in [2.24, 2.45) is 0 Å². The quantitative estimate of drug-likeness (QED) is 0.756. The number of aromatic nitrogens is 1. The number of nitrogens with one attached hydrogen (secondary N) is 1. The summed E-state index contributed by atoms with van der Waals surface area (Å²) < 4.78 is 13.5. The Morgan fingerprint density at radius 1 is 1.15 bits per heavy atom. The Hall–Kier alpha value is -2.95. The maximum atomic E-state index is 13.5. The van der Waals surface area contributed by atoms with E-state index in [1.54, 1.807) is 6.07 Å². The number of nitrogens with zero attached hydrogens (tertiary/aromatic N) is 1. The summed E-state index contributed by atoms with van der Waals surface area (Å²) >= 11 is 0. The molecule has 1 saturated heterocycles. The van der Waals surface area contributed by atoms with Crippen LogP contribution in [0.2, 0.25) is 0 Å². The van der Waals surface area contributed by atoms with Crippen molar-refractivity contribution >= 4 is 16.8 Å². The van der Waals surface area contributed by atoms with Gasteiger partial charge >= 0.3 is 0 Å². The first-order valence-corrected chi connectivity index (χ1v) is 9.30. The van der Waals surface area contributed by atoms with Crippen molar-refractivity contribution in [1.29, 1.82) is 0 Å². The maximum absolute atomic E-state index is 13.5. The predicted molar refractivity (Wildman–Crippen MR) is 101 cm³/mol. The average Bonchev–Trinajstić information content (AvgIpc) is 2.95. The molecule has 1 fully saturated rings. The van der Waals surface area contributed by atoms with Crippen molar-refractivity contribution < 1.29 is 9.18 Å². The zero-order valence-corrected chi connectivity index (χ0v) is 14.7. The van der Waals surface area contributed by atoms with Crippen LogP contribution in [0.4, 0.5) is 4.39 Å². The summed E-state index contributed by atoms with van der Waals surface area (Å²) in [5.41, 5.74) is 3.26. The van der Waals surface area contributed by atoms with Crippen LogP contribution in [0.3, 0.4) is 0 Å². The van der Waals surface area contributed by atoms with Crippen molar-refractivity contribution in [3.05, 3.63) is 81.4 Å². The molecule has 1 aliphatic carbocycles. The predicted octanol–water partition coefficient (Wildman–Crippen LogP) is 3.67. The average molecular weight is 362 g/mol. The summed E-state index contributed by atoms with van der Waals surface area (Å²) in [6, 6.07) is 14.3. The molecule has 0 radical (unpaired) electrons. The Morgan fingerprint density at radius 2 is 1.96 bits per heavy atom. The van der Waals surface area contributed by atoms with Crippen LogP contribution in [-0.4, -0.2) is 22.3 Å². The molecule has 5 rings (SSSR count). The second-order valence-corrected chi connectivity index (χ2v) is 7.49. The van der Waals surface area contributed by atoms with E-state index in [9.17, 15) is 14.0 Å². The maximum Gasteiger partial charge on any atom is 0.252 e. The van der Waals surface area contributed by atoms with Gasteiger partial charge in [-0.25, -0.2) is 4.39 Å². The fourth-order valence-electron chi connectivity index (χ4n) is 4.65. The van der Waals surface area contributed by atoms with Gasteiger partial charge in [0.15, 0.2) is 0 Å². The van der Waals surface area contributed by atoms with E-state index in [2.05, 4.69) is 23.2 Å². The van der Waals surface area contributed by atoms with Crippen molar-refractivity contribution in [1.82, 2.24) is 9.88 Å². The third-order valence-electron chi connectivity index (χ3n) is 5.94. The second kappa shape index (κ2) is 6.05. The summed E-state index contributed by atoms with van der Waals surface area (Å²) in [5, 5.41) is 0.599. The number of carbonyl (C=O) groups is 1. The van der Waals surface area contributed by atoms with E-state index < -0.39 is 0 Å². The van der Waals surface area contributed by atoms with Crippen LogP contribution >= 0.6 is 0 Å². The molecule has 1 unspecified atom stereocenters. The van der Waals surface area contributed by atoms with Gasteiger partial charge in [0.2, 0.25) is 5.91 Å². The molecular weight excluding hydrogens is 343 g/mol. The molecule has 1 aromatic heterocycles. The Labute approximate surface area is 155 Å². The molecule has 1 aliphatic heterocycles. The number of hydrogen-bond acceptors (Lipinski definition) is 2. The topological polar surface area (TPSA) is 53.2 Å². The van der Waals surface area contributed by atoms with Crippen LogP contribution in [-0.2, 0) is 11.2 Å². The first-order valence-electron chi connectivity index (χ1n) is 9.30. The fraction of sp³-hybridized carbons (Fsp3) is 0.273. The largest absolute Gasteiger partial charge is 0.335 e. The smallest absolute Gasteiger partial charge is 0.252 e. The van der Waals surface area contributed by atoms with E-state index in [0.717, 1.165) is 12.8 Å². The second-order valence-electron chi connectivity index (χ2n) is 7.49. The lowest BCUT2D eigenvalue weighted by atomic mass is 9.95. The van der Waals surface area contributed by atoms with Crippen molar-refractivity contribution in [2.75, 3.05) is 6.54 Å². The highest BCUT2D eigenvalue weighted by Gasteiger charge is 2.40. The molecule has 2 bridgehead atoms. The molecule has 2 heterocycles. The molecule has 1 amide bonds. The molecule has 4 nitrogen and oxygen atoms in total. The standard InChI is InChI=1S/C22H19FN2O2/c23-16-5-6-19-14(10-16)9-15(22(27)24-19)12-21(26)25-8-7-13-11-20(25)18-4-2-1-3-17(13)18/h1-6,9-10,13,20H,7-8,11-12H2,(H,24,27)/t13-,20?/m0/s1. The zero-order valence-electron chi connectivity index (χ0n) is 14.7. The lowest BCUT2D eigenvalue weighted by Crippen LogP contribution is -2.39. The molecule has 136 valence electrons. The van der Waals surface area contributed by atoms with Gasteiger partial charge in [-0.05, 0) is 54.2 Å². The first-order chi connectivity index (χ1) is 13.1. The Kier molecular flexibility index (Phi) is 3.64. The summed E-state index contributed by atoms with van der Waals surface area (Å²) in [6.45, 7) is 0.711. The van der Waals surface area contributed by atoms with Gasteiger partial charge in [0.25, 0.3) is 5.56 Å². The number of fused-ring (bicyclic) bond motifs is 6. The third kappa shape index (κ3) is 2.65. The number of halogens is 1. The minimum absolute atomic E-state index is 0.0329. The molecule has 2 aromatic carbocycles. The SMILES string of the molecule is O=C(Cc1cc2cc(F)ccc2[nH]c1=O)N1CC[C@H]2CC1c1ccccc12. The number of amides is 1. The molecular formula is C22H19FN2O2. The third-order valence-corrected chi connectivity index (χ3v) is 5.94. The number of aromatic amines is 1. The Morgan fingerprint density at radius 3 is 2.81 bits per heavy atom. The summed E-state index contributed by atoms with van der Waals surface area (Å²) in [5.74, 6) is 0.121. The highest BCUT2D eigenvalue weighted by Crippen LogP contribution is 2.48. The minimum Gasteiger partial charge on any atom is -0.335 e. The molecule has 5 heteroatoms. The van der Waals surface area contributed by atoms with Crippen LogP contribution < -0.4 is 5.56 Å². The molecule has 2 atom stereocenters. The number of piperidine rings is 1. The number of hydrogen-bond donors (Lipinski definition) is 1. The van der Waals surface area contributed by atoms with Gasteiger partial charge in [0.05, 0.1) is 12.5 Å². The van der Waals surface area contributed by atoms with Gasteiger partial charge < -0.3 is 9.88 Å². The summed E-state index contributed by atoms with van der Waals surface area (Å²) in [4.78, 5) is 30.1. The van der Waals surface area contributed by atoms with Crippen molar-refractivity contribution in [3.63, 3.8) is 0 Å². The number of rotatable bonds is 2. The number of benzene rings is 2. The van der Waals surface area contributed by atoms with Crippen LogP contribution in [0.25, 0.3) is 10.9 Å². The van der Waals surface area contributed by atoms with Crippen LogP contribution in [0.5, 0.6) is 0 Å². The van der Waals surface area contributed by atoms with Gasteiger partial charge in [0, 0.05) is 23.0 Å².